The Morgan fingerprint density at radius 2 is 1.82 bits per heavy atom. The lowest BCUT2D eigenvalue weighted by Gasteiger charge is -2.09. The van der Waals surface area contributed by atoms with Gasteiger partial charge in [0.2, 0.25) is 0 Å². The minimum atomic E-state index is -0.172. The maximum absolute atomic E-state index is 12.9. The first-order chi connectivity index (χ1) is 16.2. The van der Waals surface area contributed by atoms with Gasteiger partial charge in [0.05, 0.1) is 17.1 Å². The molecule has 0 fully saturated rings. The molecule has 0 bridgehead atoms. The standard InChI is InChI=1S/C24H20N8O/c1-17-13-19(7-8-22(17)32-16-27-29-30-32)24(33)26-14-20-15-31(21-5-3-2-4-6-21)28-23(20)18-9-11-25-12-10-18/h2-13,15-16H,14H2,1H3,(H,26,33). The first kappa shape index (κ1) is 20.3. The van der Waals surface area contributed by atoms with Crippen molar-refractivity contribution in [2.75, 3.05) is 0 Å². The summed E-state index contributed by atoms with van der Waals surface area (Å²) in [5.74, 6) is -0.172. The third kappa shape index (κ3) is 4.24. The van der Waals surface area contributed by atoms with Crippen LogP contribution in [0.5, 0.6) is 0 Å². The first-order valence-corrected chi connectivity index (χ1v) is 10.4. The number of hydrogen-bond acceptors (Lipinski definition) is 6. The van der Waals surface area contributed by atoms with Crippen molar-refractivity contribution in [2.45, 2.75) is 13.5 Å². The number of rotatable bonds is 6. The lowest BCUT2D eigenvalue weighted by atomic mass is 10.1. The molecule has 5 aromatic rings. The zero-order chi connectivity index (χ0) is 22.6. The van der Waals surface area contributed by atoms with E-state index in [0.29, 0.717) is 12.1 Å². The van der Waals surface area contributed by atoms with Gasteiger partial charge in [-0.3, -0.25) is 9.78 Å². The van der Waals surface area contributed by atoms with Crippen LogP contribution in [0.2, 0.25) is 0 Å². The van der Waals surface area contributed by atoms with Crippen LogP contribution in [0.1, 0.15) is 21.5 Å². The van der Waals surface area contributed by atoms with Crippen LogP contribution in [-0.2, 0) is 6.54 Å². The fourth-order valence-corrected chi connectivity index (χ4v) is 3.61. The maximum atomic E-state index is 12.9. The lowest BCUT2D eigenvalue weighted by Crippen LogP contribution is -2.23. The average Bonchev–Trinajstić information content (AvgIpc) is 3.54. The van der Waals surface area contributed by atoms with E-state index in [0.717, 1.165) is 33.8 Å². The molecule has 162 valence electrons. The van der Waals surface area contributed by atoms with E-state index in [1.165, 1.54) is 6.33 Å². The topological polar surface area (TPSA) is 103 Å². The molecule has 1 amide bonds. The number of aromatic nitrogens is 7. The SMILES string of the molecule is Cc1cc(C(=O)NCc2cn(-c3ccccc3)nc2-c2ccncc2)ccc1-n1cnnn1. The van der Waals surface area contributed by atoms with Crippen molar-refractivity contribution in [1.29, 1.82) is 0 Å². The van der Waals surface area contributed by atoms with E-state index < -0.39 is 0 Å². The van der Waals surface area contributed by atoms with Crippen molar-refractivity contribution in [3.05, 3.63) is 102 Å². The Bertz CT molecular complexity index is 1380. The lowest BCUT2D eigenvalue weighted by molar-refractivity contribution is 0.0951. The van der Waals surface area contributed by atoms with Crippen molar-refractivity contribution >= 4 is 5.91 Å². The molecule has 9 heteroatoms. The third-order valence-corrected chi connectivity index (χ3v) is 5.26. The summed E-state index contributed by atoms with van der Waals surface area (Å²) in [6, 6.07) is 19.1. The fourth-order valence-electron chi connectivity index (χ4n) is 3.61. The van der Waals surface area contributed by atoms with Crippen LogP contribution in [0.15, 0.2) is 85.6 Å². The molecule has 0 unspecified atom stereocenters. The number of para-hydroxylation sites is 1. The number of carbonyl (C=O) groups excluding carboxylic acids is 1. The largest absolute Gasteiger partial charge is 0.348 e. The molecule has 0 saturated carbocycles. The van der Waals surface area contributed by atoms with Crippen LogP contribution in [0, 0.1) is 6.92 Å². The summed E-state index contributed by atoms with van der Waals surface area (Å²) in [4.78, 5) is 17.0. The highest BCUT2D eigenvalue weighted by molar-refractivity contribution is 5.94. The fraction of sp³-hybridized carbons (Fsp3) is 0.0833. The van der Waals surface area contributed by atoms with Crippen molar-refractivity contribution < 1.29 is 4.79 Å². The molecule has 0 atom stereocenters. The van der Waals surface area contributed by atoms with Crippen LogP contribution in [0.25, 0.3) is 22.6 Å². The monoisotopic (exact) mass is 436 g/mol. The zero-order valence-corrected chi connectivity index (χ0v) is 17.8. The Morgan fingerprint density at radius 1 is 1.00 bits per heavy atom. The van der Waals surface area contributed by atoms with Gasteiger partial charge >= 0.3 is 0 Å². The molecule has 0 spiro atoms. The van der Waals surface area contributed by atoms with E-state index in [4.69, 9.17) is 5.10 Å². The number of amides is 1. The van der Waals surface area contributed by atoms with Crippen LogP contribution in [-0.4, -0.2) is 40.9 Å². The zero-order valence-electron chi connectivity index (χ0n) is 17.8. The van der Waals surface area contributed by atoms with Crippen molar-refractivity contribution in [3.63, 3.8) is 0 Å². The number of hydrogen-bond donors (Lipinski definition) is 1. The van der Waals surface area contributed by atoms with Gasteiger partial charge in [0.25, 0.3) is 5.91 Å². The Morgan fingerprint density at radius 3 is 2.55 bits per heavy atom. The van der Waals surface area contributed by atoms with Gasteiger partial charge in [-0.1, -0.05) is 18.2 Å². The van der Waals surface area contributed by atoms with Crippen LogP contribution >= 0.6 is 0 Å². The summed E-state index contributed by atoms with van der Waals surface area (Å²) in [6.07, 6.45) is 6.92. The van der Waals surface area contributed by atoms with Crippen molar-refractivity contribution in [1.82, 2.24) is 40.3 Å². The predicted molar refractivity (Wildman–Crippen MR) is 122 cm³/mol. The second-order valence-electron chi connectivity index (χ2n) is 7.46. The summed E-state index contributed by atoms with van der Waals surface area (Å²) in [5.41, 5.74) is 5.85. The Kier molecular flexibility index (Phi) is 5.42. The molecule has 1 N–H and O–H groups in total. The number of nitrogens with zero attached hydrogens (tertiary/aromatic N) is 7. The molecule has 0 aliphatic rings. The smallest absolute Gasteiger partial charge is 0.251 e. The van der Waals surface area contributed by atoms with E-state index >= 15 is 0 Å². The Hall–Kier alpha value is -4.66. The highest BCUT2D eigenvalue weighted by Crippen LogP contribution is 2.23. The molecule has 2 aromatic carbocycles. The molecule has 3 heterocycles. The summed E-state index contributed by atoms with van der Waals surface area (Å²) < 4.78 is 3.39. The predicted octanol–water partition coefficient (Wildman–Crippen LogP) is 3.15. The first-order valence-electron chi connectivity index (χ1n) is 10.4. The van der Waals surface area contributed by atoms with Gasteiger partial charge in [0, 0.05) is 41.8 Å². The number of carbonyl (C=O) groups is 1. The van der Waals surface area contributed by atoms with Crippen molar-refractivity contribution in [2.24, 2.45) is 0 Å². The molecular formula is C24H20N8O. The molecule has 5 rings (SSSR count). The molecule has 33 heavy (non-hydrogen) atoms. The van der Waals surface area contributed by atoms with Crippen LogP contribution in [0.4, 0.5) is 0 Å². The second-order valence-corrected chi connectivity index (χ2v) is 7.46. The van der Waals surface area contributed by atoms with Gasteiger partial charge in [-0.15, -0.1) is 5.10 Å². The average molecular weight is 436 g/mol. The van der Waals surface area contributed by atoms with Crippen LogP contribution < -0.4 is 5.32 Å². The van der Waals surface area contributed by atoms with E-state index in [2.05, 4.69) is 25.8 Å². The quantitative estimate of drug-likeness (QED) is 0.439. The highest BCUT2D eigenvalue weighted by atomic mass is 16.1. The summed E-state index contributed by atoms with van der Waals surface area (Å²) in [6.45, 7) is 2.25. The molecule has 9 nitrogen and oxygen atoms in total. The summed E-state index contributed by atoms with van der Waals surface area (Å²) in [7, 11) is 0. The van der Waals surface area contributed by atoms with E-state index in [-0.39, 0.29) is 5.91 Å². The van der Waals surface area contributed by atoms with Gasteiger partial charge in [0.15, 0.2) is 0 Å². The van der Waals surface area contributed by atoms with E-state index in [1.54, 1.807) is 23.1 Å². The molecule has 0 aliphatic heterocycles. The molecular weight excluding hydrogens is 416 g/mol. The number of tetrazole rings is 1. The minimum Gasteiger partial charge on any atom is -0.348 e. The number of pyridine rings is 1. The second kappa shape index (κ2) is 8.83. The number of nitrogens with one attached hydrogen (secondary N) is 1. The van der Waals surface area contributed by atoms with Gasteiger partial charge in [-0.05, 0) is 65.4 Å². The van der Waals surface area contributed by atoms with Gasteiger partial charge in [-0.2, -0.15) is 5.10 Å². The summed E-state index contributed by atoms with van der Waals surface area (Å²) >= 11 is 0. The number of aryl methyl sites for hydroxylation is 1. The highest BCUT2D eigenvalue weighted by Gasteiger charge is 2.15. The van der Waals surface area contributed by atoms with Crippen LogP contribution in [0.3, 0.4) is 0 Å². The molecule has 3 aromatic heterocycles. The molecule has 0 radical (unpaired) electrons. The normalized spacial score (nSPS) is 10.8. The van der Waals surface area contributed by atoms with E-state index in [9.17, 15) is 4.79 Å². The molecule has 0 saturated heterocycles. The Labute approximate surface area is 189 Å². The molecule has 0 aliphatic carbocycles. The Balaban J connectivity index is 1.39. The van der Waals surface area contributed by atoms with Gasteiger partial charge < -0.3 is 5.32 Å². The third-order valence-electron chi connectivity index (χ3n) is 5.26. The minimum absolute atomic E-state index is 0.172. The van der Waals surface area contributed by atoms with E-state index in [1.807, 2.05) is 72.4 Å². The van der Waals surface area contributed by atoms with Crippen molar-refractivity contribution in [3.8, 4) is 22.6 Å². The van der Waals surface area contributed by atoms with Gasteiger partial charge in [-0.25, -0.2) is 9.36 Å². The van der Waals surface area contributed by atoms with Gasteiger partial charge in [0.1, 0.15) is 6.33 Å². The number of benzene rings is 2. The maximum Gasteiger partial charge on any atom is 0.251 e. The summed E-state index contributed by atoms with van der Waals surface area (Å²) in [5, 5.41) is 19.0.